The first-order valence-corrected chi connectivity index (χ1v) is 6.78. The molecule has 0 radical (unpaired) electrons. The summed E-state index contributed by atoms with van der Waals surface area (Å²) in [7, 11) is 0. The van der Waals surface area contributed by atoms with Crippen LogP contribution in [-0.2, 0) is 15.0 Å². The van der Waals surface area contributed by atoms with E-state index in [0.717, 1.165) is 4.90 Å². The Morgan fingerprint density at radius 1 is 1.27 bits per heavy atom. The van der Waals surface area contributed by atoms with E-state index in [2.05, 4.69) is 0 Å². The molecule has 120 valence electrons. The lowest BCUT2D eigenvalue weighted by atomic mass is 9.81. The summed E-state index contributed by atoms with van der Waals surface area (Å²) in [6.45, 7) is 0.943. The molecule has 0 spiro atoms. The van der Waals surface area contributed by atoms with Crippen LogP contribution >= 0.6 is 0 Å². The van der Waals surface area contributed by atoms with Crippen LogP contribution in [0.25, 0.3) is 0 Å². The van der Waals surface area contributed by atoms with E-state index in [1.54, 1.807) is 37.3 Å². The molecule has 0 bridgehead atoms. The van der Waals surface area contributed by atoms with Crippen molar-refractivity contribution >= 4 is 11.8 Å². The fourth-order valence-electron chi connectivity index (χ4n) is 2.64. The van der Waals surface area contributed by atoms with Gasteiger partial charge in [-0.3, -0.25) is 14.5 Å². The van der Waals surface area contributed by atoms with Gasteiger partial charge in [-0.25, -0.2) is 0 Å². The summed E-state index contributed by atoms with van der Waals surface area (Å²) < 4.78 is 36.7. The molecule has 2 amide bonds. The second kappa shape index (κ2) is 5.72. The molecule has 1 aliphatic rings. The maximum atomic E-state index is 12.5. The molecule has 1 heterocycles. The second-order valence-electron chi connectivity index (χ2n) is 5.66. The smallest absolute Gasteiger partial charge is 0.391 e. The van der Waals surface area contributed by atoms with Crippen molar-refractivity contribution in [1.29, 1.82) is 0 Å². The minimum atomic E-state index is -4.55. The summed E-state index contributed by atoms with van der Waals surface area (Å²) in [5.41, 5.74) is -0.475. The molecule has 1 aliphatic heterocycles. The number of carbonyl (C=O) groups is 2. The molecule has 7 heteroatoms. The third-order valence-electron chi connectivity index (χ3n) is 3.79. The molecule has 1 saturated heterocycles. The van der Waals surface area contributed by atoms with Crippen LogP contribution in [-0.4, -0.2) is 40.6 Å². The van der Waals surface area contributed by atoms with Crippen LogP contribution in [0.5, 0.6) is 0 Å². The first-order valence-electron chi connectivity index (χ1n) is 6.78. The number of alkyl halides is 3. The van der Waals surface area contributed by atoms with Crippen molar-refractivity contribution in [3.63, 3.8) is 0 Å². The lowest BCUT2D eigenvalue weighted by Crippen LogP contribution is -2.41. The van der Waals surface area contributed by atoms with Crippen molar-refractivity contribution in [3.8, 4) is 0 Å². The highest BCUT2D eigenvalue weighted by Crippen LogP contribution is 2.36. The molecule has 0 saturated carbocycles. The zero-order chi connectivity index (χ0) is 16.5. The number of imide groups is 1. The Labute approximate surface area is 125 Å². The molecular weight excluding hydrogens is 299 g/mol. The Bertz CT molecular complexity index is 573. The van der Waals surface area contributed by atoms with Crippen molar-refractivity contribution in [2.24, 2.45) is 0 Å². The van der Waals surface area contributed by atoms with E-state index in [1.165, 1.54) is 0 Å². The molecule has 1 fully saturated rings. The first kappa shape index (κ1) is 16.5. The lowest BCUT2D eigenvalue weighted by Gasteiger charge is -2.24. The quantitative estimate of drug-likeness (QED) is 0.865. The van der Waals surface area contributed by atoms with E-state index < -0.39 is 42.5 Å². The van der Waals surface area contributed by atoms with Crippen molar-refractivity contribution < 1.29 is 27.9 Å². The molecule has 22 heavy (non-hydrogen) atoms. The largest absolute Gasteiger partial charge is 0.391 e. The zero-order valence-corrected chi connectivity index (χ0v) is 11.9. The normalized spacial score (nSPS) is 24.0. The number of nitrogens with zero attached hydrogens (tertiary/aromatic N) is 1. The summed E-state index contributed by atoms with van der Waals surface area (Å²) in [6, 6.07) is 8.60. The van der Waals surface area contributed by atoms with Gasteiger partial charge >= 0.3 is 6.18 Å². The molecule has 0 aromatic heterocycles. The number of β-amino-alcohol motifs (C(OH)–C–C–N with tert-alkyl or cyclic N) is 1. The van der Waals surface area contributed by atoms with E-state index in [4.69, 9.17) is 0 Å². The summed E-state index contributed by atoms with van der Waals surface area (Å²) in [4.78, 5) is 25.2. The van der Waals surface area contributed by atoms with E-state index in [9.17, 15) is 27.9 Å². The van der Waals surface area contributed by atoms with Crippen LogP contribution in [0.15, 0.2) is 30.3 Å². The highest BCUT2D eigenvalue weighted by atomic mass is 19.4. The minimum absolute atomic E-state index is 0.116. The topological polar surface area (TPSA) is 57.6 Å². The number of amides is 2. The highest BCUT2D eigenvalue weighted by molar-refractivity contribution is 6.08. The standard InChI is InChI=1S/C15H16F3NO3/c1-14(10-5-3-2-4-6-10)8-12(21)19(13(14)22)9-11(20)7-15(16,17)18/h2-6,11,20H,7-9H2,1H3. The minimum Gasteiger partial charge on any atom is -0.391 e. The van der Waals surface area contributed by atoms with Crippen molar-refractivity contribution in [3.05, 3.63) is 35.9 Å². The van der Waals surface area contributed by atoms with E-state index >= 15 is 0 Å². The molecule has 4 nitrogen and oxygen atoms in total. The Hall–Kier alpha value is -1.89. The van der Waals surface area contributed by atoms with Gasteiger partial charge in [0.2, 0.25) is 11.8 Å². The average Bonchev–Trinajstić information content (AvgIpc) is 2.62. The van der Waals surface area contributed by atoms with Crippen LogP contribution in [0.1, 0.15) is 25.3 Å². The fraction of sp³-hybridized carbons (Fsp3) is 0.467. The number of aliphatic hydroxyl groups is 1. The molecular formula is C15H16F3NO3. The molecule has 2 rings (SSSR count). The first-order chi connectivity index (χ1) is 10.1. The van der Waals surface area contributed by atoms with Gasteiger partial charge in [0.1, 0.15) is 0 Å². The Kier molecular flexibility index (Phi) is 4.28. The fourth-order valence-corrected chi connectivity index (χ4v) is 2.64. The Balaban J connectivity index is 2.16. The number of halogens is 3. The van der Waals surface area contributed by atoms with Crippen LogP contribution in [0.3, 0.4) is 0 Å². The van der Waals surface area contributed by atoms with Gasteiger partial charge in [-0.2, -0.15) is 13.2 Å². The van der Waals surface area contributed by atoms with Gasteiger partial charge in [-0.1, -0.05) is 30.3 Å². The summed E-state index contributed by atoms with van der Waals surface area (Å²) in [5, 5.41) is 9.46. The predicted molar refractivity (Wildman–Crippen MR) is 71.8 cm³/mol. The highest BCUT2D eigenvalue weighted by Gasteiger charge is 2.50. The second-order valence-corrected chi connectivity index (χ2v) is 5.66. The van der Waals surface area contributed by atoms with Crippen LogP contribution in [0.2, 0.25) is 0 Å². The predicted octanol–water partition coefficient (Wildman–Crippen LogP) is 2.02. The van der Waals surface area contributed by atoms with Gasteiger partial charge in [0.25, 0.3) is 0 Å². The molecule has 0 aliphatic carbocycles. The van der Waals surface area contributed by atoms with Gasteiger partial charge in [-0.05, 0) is 12.5 Å². The number of hydrogen-bond donors (Lipinski definition) is 1. The van der Waals surface area contributed by atoms with Gasteiger partial charge in [0.05, 0.1) is 24.5 Å². The molecule has 1 N–H and O–H groups in total. The molecule has 2 unspecified atom stereocenters. The van der Waals surface area contributed by atoms with Gasteiger partial charge in [0, 0.05) is 6.42 Å². The molecule has 1 aromatic rings. The van der Waals surface area contributed by atoms with E-state index in [-0.39, 0.29) is 6.42 Å². The number of rotatable bonds is 4. The van der Waals surface area contributed by atoms with Crippen molar-refractivity contribution in [1.82, 2.24) is 4.90 Å². The number of likely N-dealkylation sites (tertiary alicyclic amines) is 1. The van der Waals surface area contributed by atoms with E-state index in [1.807, 2.05) is 0 Å². The third-order valence-corrected chi connectivity index (χ3v) is 3.79. The number of aliphatic hydroxyl groups excluding tert-OH is 1. The van der Waals surface area contributed by atoms with Gasteiger partial charge in [-0.15, -0.1) is 0 Å². The summed E-state index contributed by atoms with van der Waals surface area (Å²) in [5.74, 6) is -1.15. The number of carbonyl (C=O) groups excluding carboxylic acids is 2. The molecule has 2 atom stereocenters. The third kappa shape index (κ3) is 3.30. The van der Waals surface area contributed by atoms with Crippen LogP contribution in [0, 0.1) is 0 Å². The summed E-state index contributed by atoms with van der Waals surface area (Å²) in [6.07, 6.45) is -7.93. The van der Waals surface area contributed by atoms with E-state index in [0.29, 0.717) is 5.56 Å². The molecule has 1 aromatic carbocycles. The SMILES string of the molecule is CC1(c2ccccc2)CC(=O)N(CC(O)CC(F)(F)F)C1=O. The zero-order valence-electron chi connectivity index (χ0n) is 11.9. The van der Waals surface area contributed by atoms with Crippen LogP contribution in [0.4, 0.5) is 13.2 Å². The van der Waals surface area contributed by atoms with Crippen LogP contribution < -0.4 is 0 Å². The Morgan fingerprint density at radius 2 is 1.86 bits per heavy atom. The van der Waals surface area contributed by atoms with Gasteiger partial charge in [0.15, 0.2) is 0 Å². The lowest BCUT2D eigenvalue weighted by molar-refractivity contribution is -0.160. The monoisotopic (exact) mass is 315 g/mol. The number of hydrogen-bond acceptors (Lipinski definition) is 3. The van der Waals surface area contributed by atoms with Crippen molar-refractivity contribution in [2.45, 2.75) is 37.5 Å². The summed E-state index contributed by atoms with van der Waals surface area (Å²) >= 11 is 0. The maximum Gasteiger partial charge on any atom is 0.391 e. The maximum absolute atomic E-state index is 12.5. The number of benzene rings is 1. The average molecular weight is 315 g/mol. The van der Waals surface area contributed by atoms with Crippen molar-refractivity contribution in [2.75, 3.05) is 6.54 Å². The Morgan fingerprint density at radius 3 is 2.41 bits per heavy atom. The van der Waals surface area contributed by atoms with Gasteiger partial charge < -0.3 is 5.11 Å².